The zero-order chi connectivity index (χ0) is 22.6. The molecule has 1 heterocycles. The van der Waals surface area contributed by atoms with Gasteiger partial charge in [-0.2, -0.15) is 0 Å². The molecule has 32 heavy (non-hydrogen) atoms. The van der Waals surface area contributed by atoms with Gasteiger partial charge in [0.05, 0.1) is 29.1 Å². The van der Waals surface area contributed by atoms with Crippen LogP contribution in [0.1, 0.15) is 110 Å². The number of nitrogens with zero attached hydrogens (tertiary/aromatic N) is 2. The summed E-state index contributed by atoms with van der Waals surface area (Å²) in [6.45, 7) is 4.32. The van der Waals surface area contributed by atoms with E-state index >= 15 is 0 Å². The molecule has 2 unspecified atom stereocenters. The lowest BCUT2D eigenvalue weighted by molar-refractivity contribution is -0.183. The Bertz CT molecular complexity index is 578. The number of methoxy groups -OCH3 is 1. The third-order valence-corrected chi connectivity index (χ3v) is 11.1. The minimum absolute atomic E-state index is 0.0148. The van der Waals surface area contributed by atoms with Gasteiger partial charge in [0, 0.05) is 12.6 Å². The molecule has 184 valence electrons. The molecule has 0 aromatic heterocycles. The molecule has 0 aromatic carbocycles. The second-order valence-corrected chi connectivity index (χ2v) is 12.8. The van der Waals surface area contributed by atoms with Crippen molar-refractivity contribution in [2.24, 2.45) is 23.7 Å². The Morgan fingerprint density at radius 2 is 1.38 bits per heavy atom. The summed E-state index contributed by atoms with van der Waals surface area (Å²) in [6, 6.07) is 0.663. The van der Waals surface area contributed by atoms with Crippen molar-refractivity contribution >= 4 is 16.4 Å². The number of esters is 1. The van der Waals surface area contributed by atoms with Crippen molar-refractivity contribution in [2.75, 3.05) is 20.2 Å². The molecule has 0 spiro atoms. The molecule has 5 heteroatoms. The van der Waals surface area contributed by atoms with Crippen LogP contribution in [0.2, 0.25) is 0 Å². The van der Waals surface area contributed by atoms with Crippen LogP contribution in [0.5, 0.6) is 0 Å². The van der Waals surface area contributed by atoms with Gasteiger partial charge in [-0.3, -0.25) is 9.69 Å². The molecule has 0 N–H and O–H groups in total. The van der Waals surface area contributed by atoms with Gasteiger partial charge in [0.15, 0.2) is 0 Å². The van der Waals surface area contributed by atoms with Crippen LogP contribution in [0.15, 0.2) is 0 Å². The predicted octanol–water partition coefficient (Wildman–Crippen LogP) is 4.89. The van der Waals surface area contributed by atoms with Crippen LogP contribution < -0.4 is 0 Å². The van der Waals surface area contributed by atoms with E-state index in [0.717, 1.165) is 34.7 Å². The fraction of sp³-hybridized carbons (Fsp3) is 0.963. The van der Waals surface area contributed by atoms with Crippen LogP contribution in [0.4, 0.5) is 0 Å². The topological polar surface area (TPSA) is 32.8 Å². The van der Waals surface area contributed by atoms with E-state index in [1.165, 1.54) is 109 Å². The van der Waals surface area contributed by atoms with Crippen LogP contribution in [0.25, 0.3) is 0 Å². The second kappa shape index (κ2) is 11.4. The average molecular weight is 463 g/mol. The average Bonchev–Trinajstić information content (AvgIpc) is 2.85. The first-order chi connectivity index (χ1) is 15.6. The highest BCUT2D eigenvalue weighted by Gasteiger charge is 2.57. The third kappa shape index (κ3) is 4.86. The van der Waals surface area contributed by atoms with Gasteiger partial charge in [0.1, 0.15) is 0 Å². The number of carbonyl (C=O) groups is 1. The summed E-state index contributed by atoms with van der Waals surface area (Å²) in [5.74, 6) is 2.35. The summed E-state index contributed by atoms with van der Waals surface area (Å²) < 4.78 is 8.20. The fourth-order valence-electron chi connectivity index (χ4n) is 8.49. The SMILES string of the molecule is COC(=O)C(C)CN1C(C2CCCCC2)CCN([SiH3])C1(C1CCCCC1)C1CCCCC1. The maximum Gasteiger partial charge on any atom is 0.309 e. The largest absolute Gasteiger partial charge is 0.469 e. The van der Waals surface area contributed by atoms with E-state index in [9.17, 15) is 4.79 Å². The summed E-state index contributed by atoms with van der Waals surface area (Å²) in [6.07, 6.45) is 22.4. The molecule has 4 rings (SSSR count). The molecule has 0 radical (unpaired) electrons. The van der Waals surface area contributed by atoms with E-state index in [1.807, 2.05) is 0 Å². The second-order valence-electron chi connectivity index (χ2n) is 11.7. The first-order valence-corrected chi connectivity index (χ1v) is 15.0. The van der Waals surface area contributed by atoms with Gasteiger partial charge >= 0.3 is 5.97 Å². The molecule has 0 bridgehead atoms. The lowest BCUT2D eigenvalue weighted by Gasteiger charge is -2.66. The van der Waals surface area contributed by atoms with E-state index in [0.29, 0.717) is 6.04 Å². The van der Waals surface area contributed by atoms with Crippen LogP contribution in [-0.2, 0) is 9.53 Å². The van der Waals surface area contributed by atoms with Gasteiger partial charge in [-0.25, -0.2) is 0 Å². The van der Waals surface area contributed by atoms with Crippen LogP contribution in [-0.4, -0.2) is 57.7 Å². The Hall–Kier alpha value is -0.393. The molecule has 0 amide bonds. The van der Waals surface area contributed by atoms with E-state index in [2.05, 4.69) is 16.4 Å². The standard InChI is InChI=1S/C27H50N2O2Si/c1-21(26(30)31-2)20-28-25(22-12-6-3-7-13-22)18-19-29(32)27(28,23-14-8-4-9-15-23)24-16-10-5-11-17-24/h21-25H,3-20H2,1-2,32H3. The maximum absolute atomic E-state index is 12.7. The third-order valence-electron chi connectivity index (χ3n) is 9.91. The Balaban J connectivity index is 1.75. The first kappa shape index (κ1) is 24.7. The maximum atomic E-state index is 12.7. The molecule has 4 fully saturated rings. The molecule has 1 saturated heterocycles. The quantitative estimate of drug-likeness (QED) is 0.416. The predicted molar refractivity (Wildman–Crippen MR) is 135 cm³/mol. The molecule has 0 aromatic rings. The van der Waals surface area contributed by atoms with E-state index in [1.54, 1.807) is 7.11 Å². The van der Waals surface area contributed by atoms with Gasteiger partial charge in [0.25, 0.3) is 0 Å². The molecule has 3 aliphatic carbocycles. The minimum Gasteiger partial charge on any atom is -0.469 e. The molecule has 1 aliphatic heterocycles. The van der Waals surface area contributed by atoms with E-state index in [4.69, 9.17) is 4.74 Å². The van der Waals surface area contributed by atoms with Gasteiger partial charge < -0.3 is 9.30 Å². The van der Waals surface area contributed by atoms with Crippen molar-refractivity contribution in [3.05, 3.63) is 0 Å². The zero-order valence-corrected chi connectivity index (χ0v) is 23.3. The summed E-state index contributed by atoms with van der Waals surface area (Å²) in [7, 11) is 2.71. The van der Waals surface area contributed by atoms with Crippen molar-refractivity contribution in [3.63, 3.8) is 0 Å². The van der Waals surface area contributed by atoms with Crippen molar-refractivity contribution < 1.29 is 9.53 Å². The number of rotatable bonds is 6. The molecule has 3 saturated carbocycles. The van der Waals surface area contributed by atoms with Crippen molar-refractivity contribution in [2.45, 2.75) is 121 Å². The van der Waals surface area contributed by atoms with Gasteiger partial charge in [-0.1, -0.05) is 64.7 Å². The van der Waals surface area contributed by atoms with Gasteiger partial charge in [-0.15, -0.1) is 0 Å². The number of ether oxygens (including phenoxy) is 1. The highest BCUT2D eigenvalue weighted by Crippen LogP contribution is 2.52. The fourth-order valence-corrected chi connectivity index (χ4v) is 9.73. The highest BCUT2D eigenvalue weighted by molar-refractivity contribution is 6.05. The van der Waals surface area contributed by atoms with E-state index in [-0.39, 0.29) is 17.6 Å². The Kier molecular flexibility index (Phi) is 8.77. The monoisotopic (exact) mass is 462 g/mol. The Morgan fingerprint density at radius 3 is 1.88 bits per heavy atom. The number of carbonyl (C=O) groups excluding carboxylic acids is 1. The summed E-state index contributed by atoms with van der Waals surface area (Å²) >= 11 is 0. The van der Waals surface area contributed by atoms with Crippen LogP contribution in [0.3, 0.4) is 0 Å². The number of hydrogen-bond acceptors (Lipinski definition) is 4. The molecular formula is C27H50N2O2Si. The van der Waals surface area contributed by atoms with Crippen molar-refractivity contribution in [1.29, 1.82) is 0 Å². The normalized spacial score (nSPS) is 30.9. The zero-order valence-electron chi connectivity index (χ0n) is 21.3. The van der Waals surface area contributed by atoms with Crippen molar-refractivity contribution in [1.82, 2.24) is 9.47 Å². The molecular weight excluding hydrogens is 412 g/mol. The molecule has 2 atom stereocenters. The van der Waals surface area contributed by atoms with Crippen LogP contribution in [0, 0.1) is 23.7 Å². The summed E-state index contributed by atoms with van der Waals surface area (Å²) in [5.41, 5.74) is 0.204. The highest BCUT2D eigenvalue weighted by atomic mass is 28.2. The lowest BCUT2D eigenvalue weighted by atomic mass is 9.65. The van der Waals surface area contributed by atoms with Gasteiger partial charge in [-0.05, 0) is 69.2 Å². The first-order valence-electron chi connectivity index (χ1n) is 14.1. The van der Waals surface area contributed by atoms with Crippen LogP contribution >= 0.6 is 0 Å². The van der Waals surface area contributed by atoms with Gasteiger partial charge in [0.2, 0.25) is 0 Å². The molecule has 4 nitrogen and oxygen atoms in total. The molecule has 4 aliphatic rings. The Morgan fingerprint density at radius 1 is 0.875 bits per heavy atom. The smallest absolute Gasteiger partial charge is 0.309 e. The summed E-state index contributed by atoms with van der Waals surface area (Å²) in [5, 5.41) is 0. The minimum atomic E-state index is -0.0363. The summed E-state index contributed by atoms with van der Waals surface area (Å²) in [4.78, 5) is 15.7. The van der Waals surface area contributed by atoms with E-state index < -0.39 is 0 Å². The number of hydrogen-bond donors (Lipinski definition) is 0. The Labute approximate surface area is 200 Å². The lowest BCUT2D eigenvalue weighted by Crippen LogP contribution is -2.75. The van der Waals surface area contributed by atoms with Crippen molar-refractivity contribution in [3.8, 4) is 0 Å².